The molecular formula is C12H12F2N4OS. The average molecular weight is 298 g/mol. The van der Waals surface area contributed by atoms with Gasteiger partial charge in [-0.05, 0) is 12.1 Å². The largest absolute Gasteiger partial charge is 0.324 e. The average Bonchev–Trinajstić information content (AvgIpc) is 2.85. The van der Waals surface area contributed by atoms with Crippen molar-refractivity contribution in [2.75, 3.05) is 10.0 Å². The van der Waals surface area contributed by atoms with Crippen LogP contribution in [0.1, 0.15) is 12.5 Å². The lowest BCUT2D eigenvalue weighted by molar-refractivity contribution is -0.114. The van der Waals surface area contributed by atoms with Crippen molar-refractivity contribution in [3.63, 3.8) is 0 Å². The fourth-order valence-electron chi connectivity index (χ4n) is 1.70. The van der Waals surface area contributed by atoms with Crippen molar-refractivity contribution in [2.45, 2.75) is 13.5 Å². The van der Waals surface area contributed by atoms with Gasteiger partial charge >= 0.3 is 0 Å². The van der Waals surface area contributed by atoms with Gasteiger partial charge in [-0.15, -0.1) is 0 Å². The highest BCUT2D eigenvalue weighted by Gasteiger charge is 2.15. The van der Waals surface area contributed by atoms with Gasteiger partial charge < -0.3 is 10.0 Å². The Hall–Kier alpha value is -2.09. The molecule has 0 aliphatic rings. The summed E-state index contributed by atoms with van der Waals surface area (Å²) < 4.78 is 31.7. The molecule has 20 heavy (non-hydrogen) atoms. The molecule has 1 amide bonds. The Morgan fingerprint density at radius 3 is 2.75 bits per heavy atom. The van der Waals surface area contributed by atoms with E-state index in [4.69, 9.17) is 0 Å². The van der Waals surface area contributed by atoms with E-state index in [0.29, 0.717) is 5.82 Å². The first-order valence-electron chi connectivity index (χ1n) is 5.69. The SMILES string of the molecule is CC(=O)Nc1ccc(F)c(Cn2ccc(NS)n2)c1F. The van der Waals surface area contributed by atoms with Crippen LogP contribution >= 0.6 is 12.8 Å². The van der Waals surface area contributed by atoms with Crippen molar-refractivity contribution >= 4 is 30.2 Å². The lowest BCUT2D eigenvalue weighted by Gasteiger charge is -2.10. The van der Waals surface area contributed by atoms with Gasteiger partial charge in [0, 0.05) is 24.8 Å². The van der Waals surface area contributed by atoms with Gasteiger partial charge in [0.05, 0.1) is 12.2 Å². The van der Waals surface area contributed by atoms with Crippen LogP contribution in [-0.4, -0.2) is 15.7 Å². The van der Waals surface area contributed by atoms with E-state index in [1.807, 2.05) is 0 Å². The van der Waals surface area contributed by atoms with E-state index in [1.165, 1.54) is 17.7 Å². The summed E-state index contributed by atoms with van der Waals surface area (Å²) in [5.41, 5.74) is -0.237. The number of nitrogens with one attached hydrogen (secondary N) is 2. The van der Waals surface area contributed by atoms with Crippen molar-refractivity contribution < 1.29 is 13.6 Å². The van der Waals surface area contributed by atoms with Gasteiger partial charge in [0.2, 0.25) is 5.91 Å². The Morgan fingerprint density at radius 2 is 2.15 bits per heavy atom. The van der Waals surface area contributed by atoms with Crippen LogP contribution in [0.3, 0.4) is 0 Å². The number of rotatable bonds is 4. The minimum Gasteiger partial charge on any atom is -0.324 e. The van der Waals surface area contributed by atoms with Gasteiger partial charge in [-0.25, -0.2) is 8.78 Å². The van der Waals surface area contributed by atoms with Crippen LogP contribution < -0.4 is 10.0 Å². The van der Waals surface area contributed by atoms with Crippen LogP contribution in [0.4, 0.5) is 20.3 Å². The third kappa shape index (κ3) is 3.08. The zero-order valence-corrected chi connectivity index (χ0v) is 11.4. The summed E-state index contributed by atoms with van der Waals surface area (Å²) >= 11 is 3.82. The first-order chi connectivity index (χ1) is 9.51. The lowest BCUT2D eigenvalue weighted by Crippen LogP contribution is -2.11. The van der Waals surface area contributed by atoms with Crippen molar-refractivity contribution in [2.24, 2.45) is 0 Å². The Morgan fingerprint density at radius 1 is 1.40 bits per heavy atom. The molecule has 0 bridgehead atoms. The number of carbonyl (C=O) groups excluding carboxylic acids is 1. The molecule has 5 nitrogen and oxygen atoms in total. The molecule has 106 valence electrons. The minimum absolute atomic E-state index is 0.0615. The van der Waals surface area contributed by atoms with Gasteiger partial charge in [-0.2, -0.15) is 5.10 Å². The van der Waals surface area contributed by atoms with E-state index >= 15 is 0 Å². The molecule has 0 radical (unpaired) electrons. The second-order valence-electron chi connectivity index (χ2n) is 4.08. The molecule has 8 heteroatoms. The van der Waals surface area contributed by atoms with Gasteiger partial charge in [0.25, 0.3) is 0 Å². The van der Waals surface area contributed by atoms with Gasteiger partial charge in [0.1, 0.15) is 5.82 Å². The maximum Gasteiger partial charge on any atom is 0.221 e. The fourth-order valence-corrected chi connectivity index (χ4v) is 1.82. The molecule has 1 heterocycles. The van der Waals surface area contributed by atoms with Crippen molar-refractivity contribution in [3.8, 4) is 0 Å². The fraction of sp³-hybridized carbons (Fsp3) is 0.167. The monoisotopic (exact) mass is 298 g/mol. The van der Waals surface area contributed by atoms with Crippen molar-refractivity contribution in [1.82, 2.24) is 9.78 Å². The number of aromatic nitrogens is 2. The summed E-state index contributed by atoms with van der Waals surface area (Å²) in [4.78, 5) is 11.0. The molecule has 2 aromatic rings. The van der Waals surface area contributed by atoms with E-state index < -0.39 is 17.5 Å². The quantitative estimate of drug-likeness (QED) is 0.760. The number of anilines is 2. The Labute approximate surface area is 119 Å². The topological polar surface area (TPSA) is 59.0 Å². The number of benzene rings is 1. The Bertz CT molecular complexity index is 644. The molecule has 1 aromatic carbocycles. The van der Waals surface area contributed by atoms with E-state index in [-0.39, 0.29) is 17.8 Å². The molecule has 2 rings (SSSR count). The summed E-state index contributed by atoms with van der Waals surface area (Å²) in [5, 5.41) is 6.31. The predicted octanol–water partition coefficient (Wildman–Crippen LogP) is 2.42. The Kier molecular flexibility index (Phi) is 4.23. The van der Waals surface area contributed by atoms with E-state index in [2.05, 4.69) is 28.0 Å². The second-order valence-corrected chi connectivity index (χ2v) is 4.30. The molecule has 0 aliphatic carbocycles. The highest BCUT2D eigenvalue weighted by molar-refractivity contribution is 7.81. The number of hydrogen-bond acceptors (Lipinski definition) is 4. The van der Waals surface area contributed by atoms with Crippen LogP contribution in [0.15, 0.2) is 24.4 Å². The molecule has 0 aliphatic heterocycles. The van der Waals surface area contributed by atoms with Crippen molar-refractivity contribution in [1.29, 1.82) is 0 Å². The number of nitrogens with zero attached hydrogens (tertiary/aromatic N) is 2. The summed E-state index contributed by atoms with van der Waals surface area (Å²) in [6.45, 7) is 1.15. The van der Waals surface area contributed by atoms with Gasteiger partial charge in [0.15, 0.2) is 11.6 Å². The van der Waals surface area contributed by atoms with Crippen LogP contribution in [0.25, 0.3) is 0 Å². The first kappa shape index (κ1) is 14.3. The molecule has 0 saturated heterocycles. The van der Waals surface area contributed by atoms with Gasteiger partial charge in [-0.3, -0.25) is 9.48 Å². The second kappa shape index (κ2) is 5.91. The molecule has 1 aromatic heterocycles. The third-order valence-corrected chi connectivity index (χ3v) is 2.80. The predicted molar refractivity (Wildman–Crippen MR) is 74.6 cm³/mol. The zero-order chi connectivity index (χ0) is 14.7. The van der Waals surface area contributed by atoms with Crippen LogP contribution in [-0.2, 0) is 11.3 Å². The summed E-state index contributed by atoms with van der Waals surface area (Å²) in [6.07, 6.45) is 1.56. The van der Waals surface area contributed by atoms with E-state index in [9.17, 15) is 13.6 Å². The number of thiol groups is 1. The van der Waals surface area contributed by atoms with E-state index in [0.717, 1.165) is 6.07 Å². The molecule has 0 unspecified atom stereocenters. The molecule has 0 fully saturated rings. The lowest BCUT2D eigenvalue weighted by atomic mass is 10.1. The first-order valence-corrected chi connectivity index (χ1v) is 6.14. The van der Waals surface area contributed by atoms with Crippen LogP contribution in [0.5, 0.6) is 0 Å². The molecule has 0 spiro atoms. The standard InChI is InChI=1S/C12H12F2N4OS/c1-7(19)15-10-3-2-9(13)8(12(10)14)6-18-5-4-11(16-18)17-20/h2-5,20H,6H2,1H3,(H,15,19)(H,16,17). The number of halogens is 2. The molecule has 0 saturated carbocycles. The number of hydrogen-bond donors (Lipinski definition) is 3. The van der Waals surface area contributed by atoms with Crippen LogP contribution in [0.2, 0.25) is 0 Å². The maximum absolute atomic E-state index is 14.1. The maximum atomic E-state index is 14.1. The summed E-state index contributed by atoms with van der Waals surface area (Å²) in [7, 11) is 0. The molecule has 0 atom stereocenters. The van der Waals surface area contributed by atoms with Crippen LogP contribution in [0, 0.1) is 11.6 Å². The number of amides is 1. The van der Waals surface area contributed by atoms with E-state index in [1.54, 1.807) is 12.3 Å². The zero-order valence-electron chi connectivity index (χ0n) is 10.5. The summed E-state index contributed by atoms with van der Waals surface area (Å²) in [6, 6.07) is 3.89. The Balaban J connectivity index is 2.32. The highest BCUT2D eigenvalue weighted by atomic mass is 32.1. The third-order valence-electron chi connectivity index (χ3n) is 2.57. The van der Waals surface area contributed by atoms with Gasteiger partial charge in [-0.1, -0.05) is 12.8 Å². The number of carbonyl (C=O) groups is 1. The highest BCUT2D eigenvalue weighted by Crippen LogP contribution is 2.22. The summed E-state index contributed by atoms with van der Waals surface area (Å²) in [5.74, 6) is -1.47. The molecule has 2 N–H and O–H groups in total. The normalized spacial score (nSPS) is 10.4. The van der Waals surface area contributed by atoms with Crippen molar-refractivity contribution in [3.05, 3.63) is 41.6 Å². The minimum atomic E-state index is -0.809. The smallest absolute Gasteiger partial charge is 0.221 e. The molecular weight excluding hydrogens is 286 g/mol.